The summed E-state index contributed by atoms with van der Waals surface area (Å²) in [4.78, 5) is 0. The van der Waals surface area contributed by atoms with Crippen LogP contribution in [0.5, 0.6) is 0 Å². The standard InChI is InChI=1S/C13H29P.C8H18ClP.C5H11.ClH.Mg/c1-11(2,3)10-14(12(4,5)6)13(7,8)9;1-7(2,3)10(9)8(4,5)6;1-5(2,3)4;;/h10H2,1-9H3;1-6H3;1H2,2-4H3;1H;/q;;-1;;+2/p-1. The van der Waals surface area contributed by atoms with Gasteiger partial charge in [0.15, 0.2) is 0 Å². The van der Waals surface area contributed by atoms with Crippen LogP contribution in [0, 0.1) is 17.8 Å². The Morgan fingerprint density at radius 2 is 0.742 bits per heavy atom. The van der Waals surface area contributed by atoms with Crippen molar-refractivity contribution in [3.63, 3.8) is 0 Å². The first-order valence-corrected chi connectivity index (χ1v) is 14.9. The first-order valence-electron chi connectivity index (χ1n) is 11.1. The third kappa shape index (κ3) is 30.2. The monoisotopic (exact) mass is 526 g/mol. The second-order valence-corrected chi connectivity index (χ2v) is 22.8. The third-order valence-corrected chi connectivity index (χ3v) is 13.3. The molecule has 0 amide bonds. The van der Waals surface area contributed by atoms with Crippen LogP contribution >= 0.6 is 26.4 Å². The van der Waals surface area contributed by atoms with E-state index in [1.165, 1.54) is 6.16 Å². The van der Waals surface area contributed by atoms with E-state index in [-0.39, 0.29) is 59.1 Å². The molecule has 0 aromatic heterocycles. The molecular weight excluding hydrogens is 469 g/mol. The molecule has 0 atom stereocenters. The quantitative estimate of drug-likeness (QED) is 0.185. The Labute approximate surface area is 229 Å². The molecule has 0 aliphatic heterocycles. The Balaban J connectivity index is -0.000000117. The summed E-state index contributed by atoms with van der Waals surface area (Å²) in [6, 6.07) is 0. The fourth-order valence-corrected chi connectivity index (χ4v) is 8.88. The van der Waals surface area contributed by atoms with Crippen LogP contribution in [0.15, 0.2) is 0 Å². The Morgan fingerprint density at radius 3 is 0.774 bits per heavy atom. The molecule has 0 N–H and O–H groups in total. The van der Waals surface area contributed by atoms with Crippen molar-refractivity contribution in [2.75, 3.05) is 6.16 Å². The average molecular weight is 528 g/mol. The minimum atomic E-state index is -0.390. The third-order valence-electron chi connectivity index (χ3n) is 3.43. The summed E-state index contributed by atoms with van der Waals surface area (Å²) >= 11 is 6.30. The summed E-state index contributed by atoms with van der Waals surface area (Å²) in [6.45, 7) is 44.7. The Morgan fingerprint density at radius 1 is 0.548 bits per heavy atom. The normalized spacial score (nSPS) is 13.4. The number of hydrogen-bond donors (Lipinski definition) is 0. The summed E-state index contributed by atoms with van der Waals surface area (Å²) in [7, 11) is -0.321. The maximum atomic E-state index is 6.30. The number of hydrogen-bond acceptors (Lipinski definition) is 0. The fourth-order valence-electron chi connectivity index (χ4n) is 2.96. The smallest absolute Gasteiger partial charge is 1.00 e. The van der Waals surface area contributed by atoms with Gasteiger partial charge < -0.3 is 19.3 Å². The van der Waals surface area contributed by atoms with Crippen molar-refractivity contribution < 1.29 is 12.4 Å². The minimum Gasteiger partial charge on any atom is -1.00 e. The molecule has 0 rings (SSSR count). The summed E-state index contributed by atoms with van der Waals surface area (Å²) in [5, 5.41) is 1.49. The van der Waals surface area contributed by atoms with E-state index < -0.39 is 7.27 Å². The van der Waals surface area contributed by atoms with Crippen LogP contribution in [0.2, 0.25) is 0 Å². The molecule has 0 aliphatic rings. The molecule has 31 heavy (non-hydrogen) atoms. The predicted octanol–water partition coefficient (Wildman–Crippen LogP) is 7.82. The van der Waals surface area contributed by atoms with Crippen LogP contribution in [0.3, 0.4) is 0 Å². The van der Waals surface area contributed by atoms with Gasteiger partial charge in [0.25, 0.3) is 0 Å². The molecule has 0 aliphatic carbocycles. The topological polar surface area (TPSA) is 0 Å². The van der Waals surface area contributed by atoms with Crippen LogP contribution in [0.1, 0.15) is 125 Å². The van der Waals surface area contributed by atoms with Gasteiger partial charge in [0.2, 0.25) is 0 Å². The minimum absolute atomic E-state index is 0. The van der Waals surface area contributed by atoms with Gasteiger partial charge in [-0.3, -0.25) is 0 Å². The first-order chi connectivity index (χ1) is 12.0. The maximum absolute atomic E-state index is 6.30. The zero-order valence-electron chi connectivity index (χ0n) is 24.8. The molecule has 0 nitrogen and oxygen atoms in total. The molecule has 0 saturated carbocycles. The molecule has 0 fully saturated rings. The van der Waals surface area contributed by atoms with Gasteiger partial charge in [0, 0.05) is 7.27 Å². The van der Waals surface area contributed by atoms with Crippen molar-refractivity contribution in [1.82, 2.24) is 0 Å². The Kier molecular flexibility index (Phi) is 21.4. The Bertz CT molecular complexity index is 403. The molecule has 0 bridgehead atoms. The van der Waals surface area contributed by atoms with E-state index in [1.54, 1.807) is 0 Å². The SMILES string of the molecule is CC(C)(C)CP(C(C)(C)C)C(C)(C)C.CC(C)(C)P(Cl)C(C)(C)C.[CH2-]C(C)(C)C.[Cl-].[Mg+2]. The molecule has 0 heterocycles. The molecule has 5 heteroatoms. The zero-order valence-corrected chi connectivity index (χ0v) is 29.5. The van der Waals surface area contributed by atoms with Gasteiger partial charge in [-0.05, 0) is 32.2 Å². The van der Waals surface area contributed by atoms with Crippen LogP contribution in [-0.4, -0.2) is 49.8 Å². The van der Waals surface area contributed by atoms with Gasteiger partial charge in [-0.15, -0.1) is 0 Å². The van der Waals surface area contributed by atoms with E-state index in [0.29, 0.717) is 15.7 Å². The van der Waals surface area contributed by atoms with Crippen LogP contribution in [0.25, 0.3) is 0 Å². The summed E-state index contributed by atoms with van der Waals surface area (Å²) < 4.78 is 0. The molecular formula is C26H58Cl2MgP2. The molecule has 0 aromatic carbocycles. The van der Waals surface area contributed by atoms with E-state index >= 15 is 0 Å². The van der Waals surface area contributed by atoms with E-state index in [1.807, 2.05) is 0 Å². The summed E-state index contributed by atoms with van der Waals surface area (Å²) in [5.74, 6) is 0. The number of halogens is 2. The van der Waals surface area contributed by atoms with Crippen molar-refractivity contribution in [2.24, 2.45) is 10.8 Å². The van der Waals surface area contributed by atoms with Gasteiger partial charge in [0.1, 0.15) is 0 Å². The zero-order chi connectivity index (χ0) is 24.9. The Hall–Kier alpha value is 2.21. The first kappa shape index (κ1) is 43.3. The van der Waals surface area contributed by atoms with Crippen molar-refractivity contribution in [3.8, 4) is 0 Å². The van der Waals surface area contributed by atoms with E-state index in [2.05, 4.69) is 132 Å². The van der Waals surface area contributed by atoms with Gasteiger partial charge in [-0.2, -0.15) is 5.41 Å². The van der Waals surface area contributed by atoms with Crippen LogP contribution in [-0.2, 0) is 0 Å². The maximum Gasteiger partial charge on any atom is 2.00 e. The molecule has 0 spiro atoms. The van der Waals surface area contributed by atoms with Crippen molar-refractivity contribution in [3.05, 3.63) is 6.92 Å². The largest absolute Gasteiger partial charge is 2.00 e. The van der Waals surface area contributed by atoms with Crippen LogP contribution < -0.4 is 12.4 Å². The molecule has 188 valence electrons. The van der Waals surface area contributed by atoms with Crippen molar-refractivity contribution >= 4 is 49.5 Å². The van der Waals surface area contributed by atoms with Crippen LogP contribution in [0.4, 0.5) is 0 Å². The molecule has 0 saturated heterocycles. The van der Waals surface area contributed by atoms with Gasteiger partial charge in [-0.1, -0.05) is 144 Å². The molecule has 0 unspecified atom stereocenters. The van der Waals surface area contributed by atoms with Crippen molar-refractivity contribution in [1.29, 1.82) is 0 Å². The van der Waals surface area contributed by atoms with Gasteiger partial charge in [0.05, 0.1) is 0 Å². The van der Waals surface area contributed by atoms with Crippen molar-refractivity contribution in [2.45, 2.75) is 145 Å². The van der Waals surface area contributed by atoms with Gasteiger partial charge >= 0.3 is 23.1 Å². The number of rotatable bonds is 1. The second-order valence-electron chi connectivity index (χ2n) is 14.7. The molecule has 0 radical (unpaired) electrons. The summed E-state index contributed by atoms with van der Waals surface area (Å²) in [5.41, 5.74) is 0.715. The summed E-state index contributed by atoms with van der Waals surface area (Å²) in [6.07, 6.45) is 1.37. The van der Waals surface area contributed by atoms with E-state index in [4.69, 9.17) is 11.2 Å². The predicted molar refractivity (Wildman–Crippen MR) is 154 cm³/mol. The van der Waals surface area contributed by atoms with E-state index in [0.717, 1.165) is 0 Å². The second kappa shape index (κ2) is 15.3. The molecule has 0 aromatic rings. The van der Waals surface area contributed by atoms with E-state index in [9.17, 15) is 0 Å². The average Bonchev–Trinajstić information content (AvgIpc) is 2.27. The fraction of sp³-hybridized carbons (Fsp3) is 0.962. The van der Waals surface area contributed by atoms with Gasteiger partial charge in [-0.25, -0.2) is 0 Å².